The van der Waals surface area contributed by atoms with Gasteiger partial charge in [0.1, 0.15) is 0 Å². The SMILES string of the molecule is c1ccc(-c2c(-c3ccccc3)c(-c3ccccc3)c(-c3cncc(-n4c5ccccc5n5c6ccccc6nc45)n3)c(-c3ccccc3)c2-c2ccccc2)cc1. The standard InChI is InChI=1S/C53H35N5/c1-6-20-36(21-7-1)47-48(37-22-8-2-9-23-37)50(39-26-12-4-13-27-39)52(51(40-28-14-5-15-29-40)49(47)38-24-10-3-11-25-38)42-34-54-35-46(55-42)58-45-33-19-18-32-44(45)57-43-31-17-16-30-41(43)56-53(57)58/h1-35H. The zero-order chi connectivity index (χ0) is 38.4. The lowest BCUT2D eigenvalue weighted by molar-refractivity contribution is 1.02. The topological polar surface area (TPSA) is 48.0 Å². The molecule has 0 fully saturated rings. The molecule has 0 radical (unpaired) electrons. The van der Waals surface area contributed by atoms with Gasteiger partial charge in [0.2, 0.25) is 5.78 Å². The van der Waals surface area contributed by atoms with Crippen molar-refractivity contribution in [3.8, 4) is 72.7 Å². The Morgan fingerprint density at radius 2 is 0.690 bits per heavy atom. The first-order valence-corrected chi connectivity index (χ1v) is 19.5. The van der Waals surface area contributed by atoms with Crippen LogP contribution in [0, 0.1) is 0 Å². The quantitative estimate of drug-likeness (QED) is 0.163. The second-order valence-electron chi connectivity index (χ2n) is 14.4. The Kier molecular flexibility index (Phi) is 8.07. The first-order valence-electron chi connectivity index (χ1n) is 19.5. The van der Waals surface area contributed by atoms with Crippen LogP contribution in [-0.4, -0.2) is 23.9 Å². The van der Waals surface area contributed by atoms with Crippen LogP contribution in [0.3, 0.4) is 0 Å². The summed E-state index contributed by atoms with van der Waals surface area (Å²) in [6, 6.07) is 70.6. The predicted molar refractivity (Wildman–Crippen MR) is 238 cm³/mol. The summed E-state index contributed by atoms with van der Waals surface area (Å²) in [6.45, 7) is 0. The van der Waals surface area contributed by atoms with E-state index in [0.717, 1.165) is 94.7 Å². The highest BCUT2D eigenvalue weighted by atomic mass is 15.2. The van der Waals surface area contributed by atoms with Crippen LogP contribution < -0.4 is 0 Å². The van der Waals surface area contributed by atoms with Crippen LogP contribution in [0.1, 0.15) is 0 Å². The van der Waals surface area contributed by atoms with Crippen LogP contribution in [-0.2, 0) is 0 Å². The summed E-state index contributed by atoms with van der Waals surface area (Å²) in [7, 11) is 0. The average molecular weight is 742 g/mol. The lowest BCUT2D eigenvalue weighted by Crippen LogP contribution is -2.05. The maximum atomic E-state index is 5.65. The van der Waals surface area contributed by atoms with Crippen molar-refractivity contribution in [3.63, 3.8) is 0 Å². The number of fused-ring (bicyclic) bond motifs is 5. The molecule has 0 saturated carbocycles. The Labute approximate surface area is 335 Å². The zero-order valence-corrected chi connectivity index (χ0v) is 31.4. The van der Waals surface area contributed by atoms with Crippen molar-refractivity contribution < 1.29 is 0 Å². The Morgan fingerprint density at radius 3 is 1.16 bits per heavy atom. The van der Waals surface area contributed by atoms with Gasteiger partial charge in [0.05, 0.1) is 40.2 Å². The van der Waals surface area contributed by atoms with Gasteiger partial charge in [0.25, 0.3) is 0 Å². The molecule has 8 aromatic carbocycles. The molecule has 0 aliphatic rings. The van der Waals surface area contributed by atoms with Gasteiger partial charge in [0, 0.05) is 16.7 Å². The van der Waals surface area contributed by atoms with E-state index in [1.54, 1.807) is 0 Å². The molecule has 0 spiro atoms. The molecule has 0 saturated heterocycles. The Balaban J connectivity index is 1.34. The predicted octanol–water partition coefficient (Wildman–Crippen LogP) is 13.2. The number of hydrogen-bond acceptors (Lipinski definition) is 3. The van der Waals surface area contributed by atoms with Crippen LogP contribution >= 0.6 is 0 Å². The van der Waals surface area contributed by atoms with Gasteiger partial charge in [-0.1, -0.05) is 176 Å². The molecular weight excluding hydrogens is 707 g/mol. The molecule has 5 heteroatoms. The fourth-order valence-corrected chi connectivity index (χ4v) is 8.63. The largest absolute Gasteiger partial charge is 0.276 e. The van der Waals surface area contributed by atoms with E-state index in [1.165, 1.54) is 0 Å². The maximum absolute atomic E-state index is 5.65. The fourth-order valence-electron chi connectivity index (χ4n) is 8.63. The molecule has 11 rings (SSSR count). The molecule has 3 aromatic heterocycles. The molecule has 0 N–H and O–H groups in total. The van der Waals surface area contributed by atoms with Crippen molar-refractivity contribution in [1.29, 1.82) is 0 Å². The van der Waals surface area contributed by atoms with E-state index in [-0.39, 0.29) is 0 Å². The van der Waals surface area contributed by atoms with Crippen LogP contribution in [0.15, 0.2) is 213 Å². The van der Waals surface area contributed by atoms with Crippen molar-refractivity contribution in [3.05, 3.63) is 213 Å². The Morgan fingerprint density at radius 1 is 0.310 bits per heavy atom. The molecule has 5 nitrogen and oxygen atoms in total. The summed E-state index contributed by atoms with van der Waals surface area (Å²) in [6.07, 6.45) is 3.78. The molecule has 0 bridgehead atoms. The molecule has 0 aliphatic heterocycles. The van der Waals surface area contributed by atoms with E-state index in [0.29, 0.717) is 5.82 Å². The summed E-state index contributed by atoms with van der Waals surface area (Å²) < 4.78 is 4.37. The van der Waals surface area contributed by atoms with Crippen molar-refractivity contribution in [2.24, 2.45) is 0 Å². The van der Waals surface area contributed by atoms with E-state index < -0.39 is 0 Å². The van der Waals surface area contributed by atoms with Gasteiger partial charge in [-0.05, 0) is 68.8 Å². The summed E-state index contributed by atoms with van der Waals surface area (Å²) >= 11 is 0. The third kappa shape index (κ3) is 5.44. The third-order valence-corrected chi connectivity index (χ3v) is 11.0. The average Bonchev–Trinajstić information content (AvgIpc) is 3.84. The minimum atomic E-state index is 0.687. The smallest absolute Gasteiger partial charge is 0.221 e. The van der Waals surface area contributed by atoms with Crippen molar-refractivity contribution >= 4 is 27.8 Å². The molecule has 11 aromatic rings. The van der Waals surface area contributed by atoms with Crippen LogP contribution in [0.2, 0.25) is 0 Å². The highest BCUT2D eigenvalue weighted by Gasteiger charge is 2.30. The molecular formula is C53H35N5. The van der Waals surface area contributed by atoms with Crippen LogP contribution in [0.25, 0.3) is 101 Å². The van der Waals surface area contributed by atoms with E-state index in [1.807, 2.05) is 18.5 Å². The second-order valence-corrected chi connectivity index (χ2v) is 14.4. The number of rotatable bonds is 7. The molecule has 0 aliphatic carbocycles. The normalized spacial score (nSPS) is 11.4. The number of benzene rings is 8. The van der Waals surface area contributed by atoms with E-state index in [4.69, 9.17) is 15.0 Å². The highest BCUT2D eigenvalue weighted by Crippen LogP contribution is 2.55. The van der Waals surface area contributed by atoms with Gasteiger partial charge in [-0.25, -0.2) is 9.97 Å². The van der Waals surface area contributed by atoms with E-state index >= 15 is 0 Å². The zero-order valence-electron chi connectivity index (χ0n) is 31.4. The van der Waals surface area contributed by atoms with E-state index in [2.05, 4.69) is 203 Å². The molecule has 0 amide bonds. The highest BCUT2D eigenvalue weighted by molar-refractivity contribution is 6.14. The molecule has 0 atom stereocenters. The Hall–Kier alpha value is -7.89. The monoisotopic (exact) mass is 741 g/mol. The van der Waals surface area contributed by atoms with Gasteiger partial charge in [0.15, 0.2) is 5.82 Å². The summed E-state index contributed by atoms with van der Waals surface area (Å²) in [4.78, 5) is 15.8. The first kappa shape index (κ1) is 33.4. The van der Waals surface area contributed by atoms with Gasteiger partial charge in [-0.2, -0.15) is 0 Å². The minimum absolute atomic E-state index is 0.687. The number of hydrogen-bond donors (Lipinski definition) is 0. The number of nitrogens with zero attached hydrogens (tertiary/aromatic N) is 5. The van der Waals surface area contributed by atoms with Crippen molar-refractivity contribution in [2.45, 2.75) is 0 Å². The fraction of sp³-hybridized carbons (Fsp3) is 0. The summed E-state index contributed by atoms with van der Waals surface area (Å²) in [5, 5.41) is 0. The lowest BCUT2D eigenvalue weighted by atomic mass is 9.75. The Bertz CT molecular complexity index is 3140. The van der Waals surface area contributed by atoms with Crippen molar-refractivity contribution in [2.75, 3.05) is 0 Å². The van der Waals surface area contributed by atoms with Gasteiger partial charge in [-0.3, -0.25) is 14.0 Å². The first-order chi connectivity index (χ1) is 28.8. The van der Waals surface area contributed by atoms with Crippen LogP contribution in [0.5, 0.6) is 0 Å². The second kappa shape index (κ2) is 14.0. The molecule has 0 unspecified atom stereocenters. The number of aromatic nitrogens is 5. The van der Waals surface area contributed by atoms with Crippen molar-refractivity contribution in [1.82, 2.24) is 23.9 Å². The molecule has 3 heterocycles. The summed E-state index contributed by atoms with van der Waals surface area (Å²) in [5.74, 6) is 1.47. The lowest BCUT2D eigenvalue weighted by Gasteiger charge is -2.28. The molecule has 58 heavy (non-hydrogen) atoms. The third-order valence-electron chi connectivity index (χ3n) is 11.0. The molecule has 272 valence electrons. The van der Waals surface area contributed by atoms with Gasteiger partial charge in [-0.15, -0.1) is 0 Å². The number of para-hydroxylation sites is 4. The van der Waals surface area contributed by atoms with E-state index in [9.17, 15) is 0 Å². The maximum Gasteiger partial charge on any atom is 0.221 e. The van der Waals surface area contributed by atoms with Gasteiger partial charge >= 0.3 is 0 Å². The number of imidazole rings is 2. The van der Waals surface area contributed by atoms with Crippen LogP contribution in [0.4, 0.5) is 0 Å². The minimum Gasteiger partial charge on any atom is -0.276 e. The summed E-state index contributed by atoms with van der Waals surface area (Å²) in [5.41, 5.74) is 16.9. The van der Waals surface area contributed by atoms with Gasteiger partial charge < -0.3 is 0 Å².